The summed E-state index contributed by atoms with van der Waals surface area (Å²) in [5.41, 5.74) is -4.07. The molecule has 0 unspecified atom stereocenters. The number of hydrogen-bond donors (Lipinski definition) is 0. The maximum absolute atomic E-state index is 14.4. The molecule has 18 heteroatoms. The Labute approximate surface area is 269 Å². The van der Waals surface area contributed by atoms with Crippen molar-refractivity contribution in [3.8, 4) is 5.75 Å². The number of hydrogen-bond acceptors (Lipinski definition) is 10. The monoisotopic (exact) mass is 679 g/mol. The summed E-state index contributed by atoms with van der Waals surface area (Å²) in [6, 6.07) is 6.60. The predicted molar refractivity (Wildman–Crippen MR) is 158 cm³/mol. The lowest BCUT2D eigenvalue weighted by Gasteiger charge is -2.37. The molecule has 5 heterocycles. The van der Waals surface area contributed by atoms with Crippen LogP contribution in [0.5, 0.6) is 5.75 Å². The SMILES string of the molecule is COc1ccc(Cn2ncc(N3CCC[C@]3(C)COCc3nc4n(n3)CCN(c3ncc(C(F)(F)F)cn3)C4)c(C(F)(F)F)c2=O)cc1. The number of benzene rings is 1. The van der Waals surface area contributed by atoms with Gasteiger partial charge in [0.05, 0.1) is 56.3 Å². The minimum atomic E-state index is -4.93. The lowest BCUT2D eigenvalue weighted by molar-refractivity contribution is -0.139. The highest BCUT2D eigenvalue weighted by Crippen LogP contribution is 2.40. The summed E-state index contributed by atoms with van der Waals surface area (Å²) in [6.45, 7) is 2.87. The normalized spacial score (nSPS) is 18.3. The highest BCUT2D eigenvalue weighted by atomic mass is 19.4. The van der Waals surface area contributed by atoms with E-state index in [4.69, 9.17) is 9.47 Å². The second-order valence-electron chi connectivity index (χ2n) is 11.8. The number of halogens is 6. The zero-order valence-electron chi connectivity index (χ0n) is 25.9. The fourth-order valence-electron chi connectivity index (χ4n) is 5.96. The minimum Gasteiger partial charge on any atom is -0.497 e. The van der Waals surface area contributed by atoms with Gasteiger partial charge in [-0.1, -0.05) is 12.1 Å². The third-order valence-electron chi connectivity index (χ3n) is 8.44. The van der Waals surface area contributed by atoms with Gasteiger partial charge in [0.2, 0.25) is 5.95 Å². The summed E-state index contributed by atoms with van der Waals surface area (Å²) < 4.78 is 95.4. The fraction of sp³-hybridized carbons (Fsp3) is 0.467. The Kier molecular flexibility index (Phi) is 8.78. The molecule has 2 aliphatic heterocycles. The first kappa shape index (κ1) is 33.2. The highest BCUT2D eigenvalue weighted by molar-refractivity contribution is 5.55. The summed E-state index contributed by atoms with van der Waals surface area (Å²) in [4.78, 5) is 28.6. The molecule has 256 valence electrons. The molecule has 0 radical (unpaired) electrons. The van der Waals surface area contributed by atoms with Gasteiger partial charge in [-0.3, -0.25) is 4.79 Å². The van der Waals surface area contributed by atoms with Gasteiger partial charge in [-0.25, -0.2) is 24.3 Å². The Morgan fingerprint density at radius 2 is 1.69 bits per heavy atom. The Hall–Kier alpha value is -4.74. The lowest BCUT2D eigenvalue weighted by Crippen LogP contribution is -2.47. The molecule has 0 aliphatic carbocycles. The first-order valence-corrected chi connectivity index (χ1v) is 15.0. The van der Waals surface area contributed by atoms with Crippen LogP contribution in [0.2, 0.25) is 0 Å². The Morgan fingerprint density at radius 3 is 2.35 bits per heavy atom. The summed E-state index contributed by atoms with van der Waals surface area (Å²) in [6.07, 6.45) is -5.83. The van der Waals surface area contributed by atoms with Gasteiger partial charge in [0, 0.05) is 25.5 Å². The zero-order valence-corrected chi connectivity index (χ0v) is 25.9. The second-order valence-corrected chi connectivity index (χ2v) is 11.8. The first-order chi connectivity index (χ1) is 22.7. The molecule has 1 atom stereocenters. The average molecular weight is 680 g/mol. The zero-order chi connectivity index (χ0) is 34.3. The van der Waals surface area contributed by atoms with E-state index in [0.29, 0.717) is 48.9 Å². The number of alkyl halides is 6. The molecular weight excluding hydrogens is 648 g/mol. The topological polar surface area (TPSA) is 116 Å². The van der Waals surface area contributed by atoms with E-state index in [2.05, 4.69) is 25.1 Å². The molecular formula is C30H31F6N9O3. The molecule has 12 nitrogen and oxygen atoms in total. The molecule has 1 aromatic carbocycles. The van der Waals surface area contributed by atoms with Crippen LogP contribution in [0, 0.1) is 0 Å². The van der Waals surface area contributed by atoms with E-state index in [1.165, 1.54) is 12.0 Å². The van der Waals surface area contributed by atoms with Crippen molar-refractivity contribution in [3.63, 3.8) is 0 Å². The molecule has 6 rings (SSSR count). The second kappa shape index (κ2) is 12.7. The predicted octanol–water partition coefficient (Wildman–Crippen LogP) is 4.32. The summed E-state index contributed by atoms with van der Waals surface area (Å²) in [7, 11) is 1.49. The van der Waals surface area contributed by atoms with Crippen LogP contribution in [-0.4, -0.2) is 66.9 Å². The minimum absolute atomic E-state index is 0.0224. The van der Waals surface area contributed by atoms with E-state index in [0.717, 1.165) is 23.3 Å². The smallest absolute Gasteiger partial charge is 0.423 e. The molecule has 0 N–H and O–H groups in total. The highest BCUT2D eigenvalue weighted by Gasteiger charge is 2.45. The molecule has 3 aromatic heterocycles. The number of anilines is 2. The molecule has 1 saturated heterocycles. The quantitative estimate of drug-likeness (QED) is 0.237. The van der Waals surface area contributed by atoms with Gasteiger partial charge in [0.1, 0.15) is 23.7 Å². The molecule has 0 amide bonds. The standard InChI is InChI=1S/C30H31F6N9O3/c1-28(18-48-17-23-40-24-16-42(10-11-44(24)41-23)27-37-12-20(13-38-27)29(31,32)33)8-3-9-43(28)22-14-39-45(26(46)25(22)30(34,35)36)15-19-4-6-21(47-2)7-5-19/h4-7,12-14H,3,8-11,15-18H2,1-2H3/t28-/m1/s1. The van der Waals surface area contributed by atoms with Crippen molar-refractivity contribution in [1.82, 2.24) is 34.5 Å². The number of nitrogens with zero attached hydrogens (tertiary/aromatic N) is 9. The van der Waals surface area contributed by atoms with Crippen molar-refractivity contribution in [3.05, 3.63) is 81.5 Å². The van der Waals surface area contributed by atoms with Crippen LogP contribution in [0.15, 0.2) is 47.7 Å². The molecule has 4 aromatic rings. The average Bonchev–Trinajstić information content (AvgIpc) is 3.63. The van der Waals surface area contributed by atoms with Gasteiger partial charge in [0.25, 0.3) is 5.56 Å². The van der Waals surface area contributed by atoms with Crippen LogP contribution in [-0.2, 0) is 43.3 Å². The van der Waals surface area contributed by atoms with Gasteiger partial charge in [-0.2, -0.15) is 36.5 Å². The fourth-order valence-corrected chi connectivity index (χ4v) is 5.96. The van der Waals surface area contributed by atoms with Crippen LogP contribution in [0.1, 0.15) is 48.1 Å². The summed E-state index contributed by atoms with van der Waals surface area (Å²) in [5, 5.41) is 8.56. The third kappa shape index (κ3) is 6.79. The van der Waals surface area contributed by atoms with Crippen molar-refractivity contribution in [2.75, 3.05) is 36.6 Å². The van der Waals surface area contributed by atoms with Crippen LogP contribution in [0.3, 0.4) is 0 Å². The van der Waals surface area contributed by atoms with Crippen LogP contribution >= 0.6 is 0 Å². The van der Waals surface area contributed by atoms with Gasteiger partial charge >= 0.3 is 12.4 Å². The summed E-state index contributed by atoms with van der Waals surface area (Å²) in [5.74, 6) is 1.58. The van der Waals surface area contributed by atoms with E-state index >= 15 is 0 Å². The Balaban J connectivity index is 1.13. The number of fused-ring (bicyclic) bond motifs is 1. The van der Waals surface area contributed by atoms with Gasteiger partial charge < -0.3 is 19.3 Å². The molecule has 2 aliphatic rings. The van der Waals surface area contributed by atoms with Crippen LogP contribution in [0.25, 0.3) is 0 Å². The van der Waals surface area contributed by atoms with Crippen molar-refractivity contribution in [2.45, 2.75) is 63.9 Å². The number of rotatable bonds is 9. The maximum Gasteiger partial charge on any atom is 0.423 e. The maximum atomic E-state index is 14.4. The molecule has 0 bridgehead atoms. The number of methoxy groups -OCH3 is 1. The molecule has 0 spiro atoms. The van der Waals surface area contributed by atoms with E-state index < -0.39 is 34.6 Å². The van der Waals surface area contributed by atoms with Crippen molar-refractivity contribution < 1.29 is 35.8 Å². The van der Waals surface area contributed by atoms with E-state index in [1.807, 2.05) is 0 Å². The Morgan fingerprint density at radius 1 is 0.958 bits per heavy atom. The first-order valence-electron chi connectivity index (χ1n) is 15.0. The van der Waals surface area contributed by atoms with Gasteiger partial charge in [-0.15, -0.1) is 0 Å². The third-order valence-corrected chi connectivity index (χ3v) is 8.44. The number of aromatic nitrogens is 7. The largest absolute Gasteiger partial charge is 0.497 e. The van der Waals surface area contributed by atoms with Gasteiger partial charge in [0.15, 0.2) is 5.82 Å². The van der Waals surface area contributed by atoms with Gasteiger partial charge in [-0.05, 0) is 37.5 Å². The van der Waals surface area contributed by atoms with Crippen molar-refractivity contribution in [2.24, 2.45) is 0 Å². The van der Waals surface area contributed by atoms with E-state index in [9.17, 15) is 31.1 Å². The summed E-state index contributed by atoms with van der Waals surface area (Å²) >= 11 is 0. The molecule has 48 heavy (non-hydrogen) atoms. The van der Waals surface area contributed by atoms with Crippen molar-refractivity contribution in [1.29, 1.82) is 0 Å². The molecule has 1 fully saturated rings. The van der Waals surface area contributed by atoms with Crippen molar-refractivity contribution >= 4 is 11.6 Å². The van der Waals surface area contributed by atoms with E-state index in [-0.39, 0.29) is 44.5 Å². The molecule has 0 saturated carbocycles. The number of ether oxygens (including phenoxy) is 2. The van der Waals surface area contributed by atoms with Crippen LogP contribution < -0.4 is 20.1 Å². The van der Waals surface area contributed by atoms with E-state index in [1.54, 1.807) is 40.8 Å². The lowest BCUT2D eigenvalue weighted by atomic mass is 9.99. The Bertz CT molecular complexity index is 1810. The van der Waals surface area contributed by atoms with Crippen LogP contribution in [0.4, 0.5) is 38.0 Å².